The third-order valence-corrected chi connectivity index (χ3v) is 4.64. The molecule has 1 fully saturated rings. The summed E-state index contributed by atoms with van der Waals surface area (Å²) < 4.78 is 0. The second-order valence-corrected chi connectivity index (χ2v) is 6.38. The van der Waals surface area contributed by atoms with Crippen LogP contribution in [0, 0.1) is 5.92 Å². The molecule has 1 aromatic carbocycles. The molecule has 2 rings (SSSR count). The molecule has 1 N–H and O–H groups in total. The number of hydrogen-bond acceptors (Lipinski definition) is 1. The average Bonchev–Trinajstić information content (AvgIpc) is 3.00. The molecular weight excluding hydrogens is 268 g/mol. The molecule has 0 heterocycles. The Morgan fingerprint density at radius 3 is 2.82 bits per heavy atom. The molecule has 1 saturated carbocycles. The van der Waals surface area contributed by atoms with E-state index in [9.17, 15) is 5.11 Å². The summed E-state index contributed by atoms with van der Waals surface area (Å²) in [6.07, 6.45) is 16.2. The first kappa shape index (κ1) is 17.0. The summed E-state index contributed by atoms with van der Waals surface area (Å²) in [5.41, 5.74) is 2.69. The maximum Gasteiger partial charge on any atom is 0.0824 e. The average molecular weight is 298 g/mol. The summed E-state index contributed by atoms with van der Waals surface area (Å²) in [5.74, 6) is 0.752. The van der Waals surface area contributed by atoms with E-state index in [1.165, 1.54) is 38.5 Å². The van der Waals surface area contributed by atoms with Gasteiger partial charge in [0, 0.05) is 0 Å². The molecule has 0 amide bonds. The van der Waals surface area contributed by atoms with Gasteiger partial charge >= 0.3 is 0 Å². The fourth-order valence-electron chi connectivity index (χ4n) is 3.27. The van der Waals surface area contributed by atoms with Crippen molar-refractivity contribution in [1.29, 1.82) is 0 Å². The van der Waals surface area contributed by atoms with Gasteiger partial charge in [0.25, 0.3) is 0 Å². The number of aliphatic hydroxyl groups is 1. The Kier molecular flexibility index (Phi) is 7.45. The lowest BCUT2D eigenvalue weighted by Crippen LogP contribution is -1.96. The maximum absolute atomic E-state index is 10.1. The molecule has 0 spiro atoms. The molecule has 1 nitrogen and oxygen atoms in total. The molecular formula is C21H30O. The van der Waals surface area contributed by atoms with E-state index in [1.54, 1.807) is 5.57 Å². The summed E-state index contributed by atoms with van der Waals surface area (Å²) in [6, 6.07) is 9.93. The second kappa shape index (κ2) is 9.63. The lowest BCUT2D eigenvalue weighted by Gasteiger charge is -2.10. The van der Waals surface area contributed by atoms with E-state index in [4.69, 9.17) is 0 Å². The van der Waals surface area contributed by atoms with E-state index in [1.807, 2.05) is 30.3 Å². The fraction of sp³-hybridized carbons (Fsp3) is 0.524. The van der Waals surface area contributed by atoms with Gasteiger partial charge < -0.3 is 5.11 Å². The van der Waals surface area contributed by atoms with Crippen molar-refractivity contribution in [3.63, 3.8) is 0 Å². The zero-order valence-electron chi connectivity index (χ0n) is 13.9. The highest BCUT2D eigenvalue weighted by atomic mass is 16.3. The van der Waals surface area contributed by atoms with Crippen molar-refractivity contribution in [2.24, 2.45) is 5.92 Å². The first-order chi connectivity index (χ1) is 10.8. The molecule has 2 unspecified atom stereocenters. The van der Waals surface area contributed by atoms with Crippen molar-refractivity contribution < 1.29 is 5.11 Å². The van der Waals surface area contributed by atoms with Gasteiger partial charge in [0.2, 0.25) is 0 Å². The highest BCUT2D eigenvalue weighted by Crippen LogP contribution is 2.34. The van der Waals surface area contributed by atoms with E-state index in [-0.39, 0.29) is 6.10 Å². The predicted octanol–water partition coefficient (Wildman–Crippen LogP) is 5.97. The maximum atomic E-state index is 10.1. The molecule has 2 atom stereocenters. The normalized spacial score (nSPS) is 21.7. The molecule has 1 heteroatoms. The molecule has 0 radical (unpaired) electrons. The van der Waals surface area contributed by atoms with Crippen molar-refractivity contribution >= 4 is 0 Å². The molecule has 1 aliphatic carbocycles. The summed E-state index contributed by atoms with van der Waals surface area (Å²) in [6.45, 7) is 2.26. The monoisotopic (exact) mass is 298 g/mol. The summed E-state index contributed by atoms with van der Waals surface area (Å²) in [7, 11) is 0. The standard InChI is InChI=1S/C21H30O/c1-2-3-5-11-18-15-10-16-19(18)12-8-9-17-21(22)20-13-6-4-7-14-20/h4,6-9,11,13-14,19,21-22H,2-3,5,10,12,15-17H2,1H3/b9-8+,18-11-. The SMILES string of the molecule is CCCC/C=C1/CCCC1C/C=C/CC(O)c1ccccc1. The molecule has 0 aromatic heterocycles. The zero-order valence-corrected chi connectivity index (χ0v) is 13.9. The Morgan fingerprint density at radius 2 is 2.05 bits per heavy atom. The lowest BCUT2D eigenvalue weighted by atomic mass is 9.96. The van der Waals surface area contributed by atoms with Gasteiger partial charge in [-0.15, -0.1) is 0 Å². The van der Waals surface area contributed by atoms with Crippen LogP contribution in [0.2, 0.25) is 0 Å². The van der Waals surface area contributed by atoms with E-state index in [2.05, 4.69) is 25.2 Å². The van der Waals surface area contributed by atoms with Gasteiger partial charge in [0.15, 0.2) is 0 Å². The molecule has 120 valence electrons. The Balaban J connectivity index is 1.76. The molecule has 0 bridgehead atoms. The van der Waals surface area contributed by atoms with Crippen molar-refractivity contribution in [3.8, 4) is 0 Å². The van der Waals surface area contributed by atoms with Crippen LogP contribution in [-0.2, 0) is 0 Å². The van der Waals surface area contributed by atoms with Crippen LogP contribution in [0.15, 0.2) is 54.1 Å². The number of aliphatic hydroxyl groups excluding tert-OH is 1. The van der Waals surface area contributed by atoms with Gasteiger partial charge in [-0.3, -0.25) is 0 Å². The van der Waals surface area contributed by atoms with Crippen LogP contribution in [0.1, 0.15) is 70.0 Å². The van der Waals surface area contributed by atoms with Gasteiger partial charge in [-0.2, -0.15) is 0 Å². The molecule has 22 heavy (non-hydrogen) atoms. The largest absolute Gasteiger partial charge is 0.388 e. The minimum atomic E-state index is -0.374. The van der Waals surface area contributed by atoms with Gasteiger partial charge in [0.1, 0.15) is 0 Å². The highest BCUT2D eigenvalue weighted by molar-refractivity contribution is 5.18. The molecule has 1 aliphatic rings. The number of unbranched alkanes of at least 4 members (excludes halogenated alkanes) is 2. The van der Waals surface area contributed by atoms with Crippen LogP contribution in [0.4, 0.5) is 0 Å². The van der Waals surface area contributed by atoms with Gasteiger partial charge in [-0.25, -0.2) is 0 Å². The smallest absolute Gasteiger partial charge is 0.0824 e. The van der Waals surface area contributed by atoms with Crippen LogP contribution >= 0.6 is 0 Å². The van der Waals surface area contributed by atoms with Crippen molar-refractivity contribution in [1.82, 2.24) is 0 Å². The van der Waals surface area contributed by atoms with Crippen molar-refractivity contribution in [2.45, 2.75) is 64.4 Å². The Labute approximate surface area is 135 Å². The number of hydrogen-bond donors (Lipinski definition) is 1. The van der Waals surface area contributed by atoms with Crippen LogP contribution in [0.3, 0.4) is 0 Å². The topological polar surface area (TPSA) is 20.2 Å². The van der Waals surface area contributed by atoms with E-state index in [0.717, 1.165) is 17.9 Å². The predicted molar refractivity (Wildman–Crippen MR) is 94.7 cm³/mol. The molecule has 0 saturated heterocycles. The van der Waals surface area contributed by atoms with Crippen molar-refractivity contribution in [2.75, 3.05) is 0 Å². The fourth-order valence-corrected chi connectivity index (χ4v) is 3.27. The van der Waals surface area contributed by atoms with Crippen LogP contribution in [-0.4, -0.2) is 5.11 Å². The summed E-state index contributed by atoms with van der Waals surface area (Å²) in [4.78, 5) is 0. The Hall–Kier alpha value is -1.34. The van der Waals surface area contributed by atoms with E-state index >= 15 is 0 Å². The summed E-state index contributed by atoms with van der Waals surface area (Å²) >= 11 is 0. The Bertz CT molecular complexity index is 472. The lowest BCUT2D eigenvalue weighted by molar-refractivity contribution is 0.181. The van der Waals surface area contributed by atoms with E-state index < -0.39 is 0 Å². The second-order valence-electron chi connectivity index (χ2n) is 6.38. The minimum Gasteiger partial charge on any atom is -0.388 e. The van der Waals surface area contributed by atoms with E-state index in [0.29, 0.717) is 6.42 Å². The van der Waals surface area contributed by atoms with Crippen molar-refractivity contribution in [3.05, 3.63) is 59.7 Å². The number of benzene rings is 1. The zero-order chi connectivity index (χ0) is 15.6. The van der Waals surface area contributed by atoms with Gasteiger partial charge in [-0.05, 0) is 50.0 Å². The minimum absolute atomic E-state index is 0.374. The number of allylic oxidation sites excluding steroid dienone is 3. The van der Waals surface area contributed by atoms with Crippen LogP contribution in [0.25, 0.3) is 0 Å². The highest BCUT2D eigenvalue weighted by Gasteiger charge is 2.18. The van der Waals surface area contributed by atoms with Gasteiger partial charge in [-0.1, -0.05) is 73.9 Å². The quantitative estimate of drug-likeness (QED) is 0.463. The van der Waals surface area contributed by atoms with Crippen LogP contribution < -0.4 is 0 Å². The van der Waals surface area contributed by atoms with Crippen LogP contribution in [0.5, 0.6) is 0 Å². The molecule has 1 aromatic rings. The molecule has 0 aliphatic heterocycles. The van der Waals surface area contributed by atoms with Gasteiger partial charge in [0.05, 0.1) is 6.10 Å². The number of rotatable bonds is 8. The summed E-state index contributed by atoms with van der Waals surface area (Å²) in [5, 5.41) is 10.1. The Morgan fingerprint density at radius 1 is 1.23 bits per heavy atom. The first-order valence-electron chi connectivity index (χ1n) is 8.88. The first-order valence-corrected chi connectivity index (χ1v) is 8.88. The third kappa shape index (κ3) is 5.46. The third-order valence-electron chi connectivity index (χ3n) is 4.64.